The number of piperidine rings is 1. The first kappa shape index (κ1) is 18.1. The van der Waals surface area contributed by atoms with Crippen LogP contribution in [0.15, 0.2) is 16.6 Å². The molecule has 0 saturated carbocycles. The van der Waals surface area contributed by atoms with Crippen molar-refractivity contribution < 1.29 is 23.4 Å². The van der Waals surface area contributed by atoms with Gasteiger partial charge in [-0.25, -0.2) is 13.6 Å². The van der Waals surface area contributed by atoms with Crippen molar-refractivity contribution in [1.29, 1.82) is 0 Å². The first-order valence-electron chi connectivity index (χ1n) is 7.39. The number of rotatable bonds is 1. The monoisotopic (exact) mass is 391 g/mol. The molecule has 0 aromatic heterocycles. The third kappa shape index (κ3) is 4.20. The fraction of sp³-hybridized carbons (Fsp3) is 0.562. The van der Waals surface area contributed by atoms with E-state index < -0.39 is 35.4 Å². The normalized spacial score (nSPS) is 22.1. The molecule has 1 aliphatic rings. The topological polar surface area (TPSA) is 49.8 Å². The molecule has 2 rings (SSSR count). The quantitative estimate of drug-likeness (QED) is 0.740. The van der Waals surface area contributed by atoms with E-state index in [-0.39, 0.29) is 16.6 Å². The number of carbonyl (C=O) groups is 1. The second-order valence-corrected chi connectivity index (χ2v) is 7.51. The summed E-state index contributed by atoms with van der Waals surface area (Å²) < 4.78 is 33.1. The Bertz CT molecular complexity index is 604. The third-order valence-corrected chi connectivity index (χ3v) is 4.31. The van der Waals surface area contributed by atoms with Crippen LogP contribution in [0.1, 0.15) is 38.7 Å². The lowest BCUT2D eigenvalue weighted by molar-refractivity contribution is -0.00186. The highest BCUT2D eigenvalue weighted by Crippen LogP contribution is 2.33. The molecule has 0 spiro atoms. The van der Waals surface area contributed by atoms with E-state index in [1.807, 2.05) is 0 Å². The van der Waals surface area contributed by atoms with Crippen molar-refractivity contribution in [3.63, 3.8) is 0 Å². The maximum Gasteiger partial charge on any atom is 0.410 e. The smallest absolute Gasteiger partial charge is 0.410 e. The van der Waals surface area contributed by atoms with Gasteiger partial charge in [0.15, 0.2) is 11.6 Å². The Morgan fingerprint density at radius 1 is 1.35 bits per heavy atom. The summed E-state index contributed by atoms with van der Waals surface area (Å²) >= 11 is 2.93. The molecule has 2 atom stereocenters. The van der Waals surface area contributed by atoms with Crippen LogP contribution in [0.5, 0.6) is 0 Å². The molecule has 7 heteroatoms. The number of aliphatic hydroxyl groups is 1. The number of aliphatic hydroxyl groups excluding tert-OH is 1. The van der Waals surface area contributed by atoms with E-state index in [2.05, 4.69) is 15.9 Å². The van der Waals surface area contributed by atoms with Gasteiger partial charge >= 0.3 is 6.09 Å². The molecule has 23 heavy (non-hydrogen) atoms. The summed E-state index contributed by atoms with van der Waals surface area (Å²) in [6.07, 6.45) is -1.16. The average molecular weight is 392 g/mol. The predicted octanol–water partition coefficient (Wildman–Crippen LogP) is 3.81. The number of nitrogens with zero attached hydrogens (tertiary/aromatic N) is 1. The Hall–Kier alpha value is -1.21. The number of benzene rings is 1. The molecule has 1 aliphatic heterocycles. The van der Waals surface area contributed by atoms with Gasteiger partial charge in [-0.05, 0) is 54.8 Å². The molecule has 1 fully saturated rings. The van der Waals surface area contributed by atoms with Gasteiger partial charge in [0.1, 0.15) is 5.60 Å². The van der Waals surface area contributed by atoms with Crippen LogP contribution < -0.4 is 0 Å². The van der Waals surface area contributed by atoms with Crippen molar-refractivity contribution in [2.45, 2.75) is 44.8 Å². The SMILES string of the molecule is CC(C)(C)OC(=O)N1CCC(c2ccc(Br)c(F)c2F)C(O)C1. The van der Waals surface area contributed by atoms with E-state index in [1.54, 1.807) is 20.8 Å². The van der Waals surface area contributed by atoms with Gasteiger partial charge in [-0.3, -0.25) is 0 Å². The summed E-state index contributed by atoms with van der Waals surface area (Å²) in [5.74, 6) is -2.49. The minimum absolute atomic E-state index is 0.0245. The van der Waals surface area contributed by atoms with E-state index in [9.17, 15) is 18.7 Å². The number of halogens is 3. The number of likely N-dealkylation sites (tertiary alicyclic amines) is 1. The molecule has 2 unspecified atom stereocenters. The molecule has 1 heterocycles. The van der Waals surface area contributed by atoms with Gasteiger partial charge in [0.25, 0.3) is 0 Å². The van der Waals surface area contributed by atoms with Crippen LogP contribution in [0, 0.1) is 11.6 Å². The number of amides is 1. The summed E-state index contributed by atoms with van der Waals surface area (Å²) in [5.41, 5.74) is -0.498. The Labute approximate surface area is 142 Å². The zero-order valence-corrected chi connectivity index (χ0v) is 14.9. The number of β-amino-alcohol motifs (C(OH)–C–C–N with tert-alkyl or cyclic N) is 1. The Kier molecular flexibility index (Phi) is 5.30. The molecule has 128 valence electrons. The van der Waals surface area contributed by atoms with E-state index in [0.717, 1.165) is 0 Å². The van der Waals surface area contributed by atoms with Gasteiger partial charge in [0.05, 0.1) is 17.1 Å². The molecular formula is C16H20BrF2NO3. The molecule has 1 saturated heterocycles. The summed E-state index contributed by atoms with van der Waals surface area (Å²) in [5, 5.41) is 10.3. The van der Waals surface area contributed by atoms with Crippen LogP contribution in [0.3, 0.4) is 0 Å². The second kappa shape index (κ2) is 6.73. The van der Waals surface area contributed by atoms with Crippen LogP contribution in [0.2, 0.25) is 0 Å². The van der Waals surface area contributed by atoms with E-state index in [0.29, 0.717) is 13.0 Å². The van der Waals surface area contributed by atoms with Crippen LogP contribution in [0.25, 0.3) is 0 Å². The number of hydrogen-bond donors (Lipinski definition) is 1. The standard InChI is InChI=1S/C16H20BrF2NO3/c1-16(2,3)23-15(22)20-7-6-9(12(21)8-20)10-4-5-11(17)14(19)13(10)18/h4-5,9,12,21H,6-8H2,1-3H3. The van der Waals surface area contributed by atoms with Gasteiger partial charge in [0.2, 0.25) is 0 Å². The van der Waals surface area contributed by atoms with Crippen molar-refractivity contribution in [1.82, 2.24) is 4.90 Å². The lowest BCUT2D eigenvalue weighted by Crippen LogP contribution is -2.47. The predicted molar refractivity (Wildman–Crippen MR) is 85.2 cm³/mol. The van der Waals surface area contributed by atoms with E-state index in [1.165, 1.54) is 17.0 Å². The van der Waals surface area contributed by atoms with Gasteiger partial charge < -0.3 is 14.7 Å². The average Bonchev–Trinajstić information content (AvgIpc) is 2.44. The van der Waals surface area contributed by atoms with Crippen molar-refractivity contribution in [3.05, 3.63) is 33.8 Å². The molecule has 0 radical (unpaired) electrons. The van der Waals surface area contributed by atoms with Crippen LogP contribution in [-0.2, 0) is 4.74 Å². The number of ether oxygens (including phenoxy) is 1. The zero-order chi connectivity index (χ0) is 17.4. The van der Waals surface area contributed by atoms with Crippen molar-refractivity contribution in [2.75, 3.05) is 13.1 Å². The summed E-state index contributed by atoms with van der Waals surface area (Å²) in [4.78, 5) is 13.4. The zero-order valence-electron chi connectivity index (χ0n) is 13.3. The molecule has 4 nitrogen and oxygen atoms in total. The van der Waals surface area contributed by atoms with Crippen LogP contribution >= 0.6 is 15.9 Å². The molecule has 1 aromatic rings. The molecule has 1 N–H and O–H groups in total. The Morgan fingerprint density at radius 2 is 2.00 bits per heavy atom. The van der Waals surface area contributed by atoms with Crippen molar-refractivity contribution >= 4 is 22.0 Å². The van der Waals surface area contributed by atoms with Gasteiger partial charge in [0, 0.05) is 12.5 Å². The summed E-state index contributed by atoms with van der Waals surface area (Å²) in [7, 11) is 0. The molecule has 0 bridgehead atoms. The largest absolute Gasteiger partial charge is 0.444 e. The minimum atomic E-state index is -0.980. The Balaban J connectivity index is 2.11. The van der Waals surface area contributed by atoms with Crippen molar-refractivity contribution in [2.24, 2.45) is 0 Å². The first-order valence-corrected chi connectivity index (χ1v) is 8.19. The van der Waals surface area contributed by atoms with Crippen LogP contribution in [0.4, 0.5) is 13.6 Å². The van der Waals surface area contributed by atoms with Gasteiger partial charge in [-0.2, -0.15) is 0 Å². The van der Waals surface area contributed by atoms with Gasteiger partial charge in [-0.15, -0.1) is 0 Å². The maximum atomic E-state index is 14.1. The highest BCUT2D eigenvalue weighted by Gasteiger charge is 2.35. The van der Waals surface area contributed by atoms with Gasteiger partial charge in [-0.1, -0.05) is 6.07 Å². The highest BCUT2D eigenvalue weighted by atomic mass is 79.9. The minimum Gasteiger partial charge on any atom is -0.444 e. The third-order valence-electron chi connectivity index (χ3n) is 3.70. The lowest BCUT2D eigenvalue weighted by Gasteiger charge is -2.37. The maximum absolute atomic E-state index is 14.1. The van der Waals surface area contributed by atoms with E-state index >= 15 is 0 Å². The summed E-state index contributed by atoms with van der Waals surface area (Å²) in [6.45, 7) is 5.61. The highest BCUT2D eigenvalue weighted by molar-refractivity contribution is 9.10. The second-order valence-electron chi connectivity index (χ2n) is 6.65. The molecular weight excluding hydrogens is 372 g/mol. The van der Waals surface area contributed by atoms with Crippen molar-refractivity contribution in [3.8, 4) is 0 Å². The van der Waals surface area contributed by atoms with E-state index in [4.69, 9.17) is 4.74 Å². The number of hydrogen-bond acceptors (Lipinski definition) is 3. The van der Waals surface area contributed by atoms with Crippen LogP contribution in [-0.4, -0.2) is 40.9 Å². The molecule has 1 aromatic carbocycles. The lowest BCUT2D eigenvalue weighted by atomic mass is 9.87. The summed E-state index contributed by atoms with van der Waals surface area (Å²) in [6, 6.07) is 2.88. The molecule has 0 aliphatic carbocycles. The first-order chi connectivity index (χ1) is 10.6. The Morgan fingerprint density at radius 3 is 2.57 bits per heavy atom. The fourth-order valence-corrected chi connectivity index (χ4v) is 2.92. The molecule has 1 amide bonds. The fourth-order valence-electron chi connectivity index (χ4n) is 2.61. The number of carbonyl (C=O) groups excluding carboxylic acids is 1.